The van der Waals surface area contributed by atoms with Crippen LogP contribution in [0.1, 0.15) is 51.6 Å². The van der Waals surface area contributed by atoms with Crippen LogP contribution in [0.3, 0.4) is 0 Å². The summed E-state index contributed by atoms with van der Waals surface area (Å²) in [7, 11) is 0. The molecule has 1 aromatic heterocycles. The molecule has 0 bridgehead atoms. The Bertz CT molecular complexity index is 473. The standard InChI is InChI=1S/C16H26N2O2S/c1-3-14-10-17-16(21-11-15(19)20)18(14)8-7-13-6-4-5-12(2)9-13/h10,12-13H,3-9,11H2,1-2H3,(H,19,20). The normalized spacial score (nSPS) is 22.4. The number of aromatic nitrogens is 2. The third-order valence-electron chi connectivity index (χ3n) is 4.39. The highest BCUT2D eigenvalue weighted by Crippen LogP contribution is 2.31. The Kier molecular flexibility index (Phi) is 6.15. The lowest BCUT2D eigenvalue weighted by Gasteiger charge is -2.27. The third kappa shape index (κ3) is 4.77. The van der Waals surface area contributed by atoms with Gasteiger partial charge >= 0.3 is 5.97 Å². The molecule has 5 heteroatoms. The van der Waals surface area contributed by atoms with Gasteiger partial charge in [-0.3, -0.25) is 4.79 Å². The van der Waals surface area contributed by atoms with E-state index >= 15 is 0 Å². The topological polar surface area (TPSA) is 55.1 Å². The van der Waals surface area contributed by atoms with E-state index in [-0.39, 0.29) is 5.75 Å². The summed E-state index contributed by atoms with van der Waals surface area (Å²) >= 11 is 1.33. The molecule has 2 unspecified atom stereocenters. The molecule has 0 saturated heterocycles. The van der Waals surface area contributed by atoms with Crippen LogP contribution >= 0.6 is 11.8 Å². The second-order valence-electron chi connectivity index (χ2n) is 6.15. The number of carboxylic acids is 1. The molecule has 0 aliphatic heterocycles. The molecule has 0 spiro atoms. The summed E-state index contributed by atoms with van der Waals surface area (Å²) in [5.74, 6) is 0.977. The maximum atomic E-state index is 10.7. The summed E-state index contributed by atoms with van der Waals surface area (Å²) in [6, 6.07) is 0. The highest BCUT2D eigenvalue weighted by atomic mass is 32.2. The van der Waals surface area contributed by atoms with E-state index in [4.69, 9.17) is 5.11 Å². The van der Waals surface area contributed by atoms with Gasteiger partial charge in [-0.2, -0.15) is 0 Å². The number of rotatable bonds is 7. The van der Waals surface area contributed by atoms with Gasteiger partial charge in [0.15, 0.2) is 5.16 Å². The molecule has 0 amide bonds. The molecule has 2 atom stereocenters. The highest BCUT2D eigenvalue weighted by molar-refractivity contribution is 7.99. The molecule has 1 N–H and O–H groups in total. The lowest BCUT2D eigenvalue weighted by atomic mass is 9.81. The van der Waals surface area contributed by atoms with Crippen LogP contribution in [0.5, 0.6) is 0 Å². The number of aliphatic carboxylic acids is 1. The first-order valence-electron chi connectivity index (χ1n) is 7.99. The van der Waals surface area contributed by atoms with E-state index in [1.54, 1.807) is 0 Å². The Labute approximate surface area is 131 Å². The van der Waals surface area contributed by atoms with E-state index in [1.165, 1.54) is 49.6 Å². The van der Waals surface area contributed by atoms with Crippen LogP contribution in [0, 0.1) is 11.8 Å². The van der Waals surface area contributed by atoms with Crippen molar-refractivity contribution in [3.63, 3.8) is 0 Å². The Morgan fingerprint density at radius 3 is 3.00 bits per heavy atom. The number of nitrogens with zero attached hydrogens (tertiary/aromatic N) is 2. The quantitative estimate of drug-likeness (QED) is 0.777. The molecule has 0 radical (unpaired) electrons. The summed E-state index contributed by atoms with van der Waals surface area (Å²) < 4.78 is 2.23. The maximum absolute atomic E-state index is 10.7. The summed E-state index contributed by atoms with van der Waals surface area (Å²) in [5, 5.41) is 9.69. The molecule has 1 aromatic rings. The fraction of sp³-hybridized carbons (Fsp3) is 0.750. The predicted molar refractivity (Wildman–Crippen MR) is 85.7 cm³/mol. The fourth-order valence-corrected chi connectivity index (χ4v) is 4.03. The number of carbonyl (C=O) groups is 1. The van der Waals surface area contributed by atoms with Gasteiger partial charge in [-0.25, -0.2) is 4.98 Å². The van der Waals surface area contributed by atoms with Crippen LogP contribution in [0.2, 0.25) is 0 Å². The molecule has 21 heavy (non-hydrogen) atoms. The van der Waals surface area contributed by atoms with Crippen molar-refractivity contribution in [2.24, 2.45) is 11.8 Å². The van der Waals surface area contributed by atoms with E-state index in [9.17, 15) is 4.79 Å². The fourth-order valence-electron chi connectivity index (χ4n) is 3.29. The molecule has 1 saturated carbocycles. The van der Waals surface area contributed by atoms with Crippen LogP contribution in [-0.4, -0.2) is 26.4 Å². The van der Waals surface area contributed by atoms with Crippen molar-refractivity contribution in [3.8, 4) is 0 Å². The van der Waals surface area contributed by atoms with Crippen molar-refractivity contribution in [2.75, 3.05) is 5.75 Å². The minimum Gasteiger partial charge on any atom is -0.481 e. The maximum Gasteiger partial charge on any atom is 0.313 e. The Morgan fingerprint density at radius 1 is 1.52 bits per heavy atom. The zero-order chi connectivity index (χ0) is 15.2. The van der Waals surface area contributed by atoms with Crippen molar-refractivity contribution in [3.05, 3.63) is 11.9 Å². The van der Waals surface area contributed by atoms with Gasteiger partial charge in [-0.1, -0.05) is 44.9 Å². The Morgan fingerprint density at radius 2 is 2.33 bits per heavy atom. The van der Waals surface area contributed by atoms with Gasteiger partial charge in [0.05, 0.1) is 5.75 Å². The molecule has 118 valence electrons. The zero-order valence-electron chi connectivity index (χ0n) is 13.0. The molecule has 4 nitrogen and oxygen atoms in total. The largest absolute Gasteiger partial charge is 0.481 e. The van der Waals surface area contributed by atoms with E-state index in [0.29, 0.717) is 0 Å². The number of hydrogen-bond donors (Lipinski definition) is 1. The molecule has 0 aromatic carbocycles. The van der Waals surface area contributed by atoms with Gasteiger partial charge in [0.1, 0.15) is 0 Å². The summed E-state index contributed by atoms with van der Waals surface area (Å²) in [4.78, 5) is 15.1. The molecule has 1 aliphatic rings. The van der Waals surface area contributed by atoms with Gasteiger partial charge in [-0.15, -0.1) is 0 Å². The van der Waals surface area contributed by atoms with Crippen LogP contribution in [0.4, 0.5) is 0 Å². The van der Waals surface area contributed by atoms with Crippen LogP contribution in [0.25, 0.3) is 0 Å². The number of imidazole rings is 1. The predicted octanol–water partition coefficient (Wildman–Crippen LogP) is 3.84. The van der Waals surface area contributed by atoms with Crippen molar-refractivity contribution in [1.29, 1.82) is 0 Å². The molecule has 1 heterocycles. The summed E-state index contributed by atoms with van der Waals surface area (Å²) in [6.45, 7) is 5.46. The molecule has 1 aliphatic carbocycles. The SMILES string of the molecule is CCc1cnc(SCC(=O)O)n1CCC1CCCC(C)C1. The van der Waals surface area contributed by atoms with E-state index in [0.717, 1.165) is 30.0 Å². The third-order valence-corrected chi connectivity index (χ3v) is 5.37. The van der Waals surface area contributed by atoms with Crippen molar-refractivity contribution >= 4 is 17.7 Å². The Hall–Kier alpha value is -0.970. The minimum absolute atomic E-state index is 0.0840. The average Bonchev–Trinajstić information content (AvgIpc) is 2.85. The van der Waals surface area contributed by atoms with Crippen LogP contribution in [0.15, 0.2) is 11.4 Å². The van der Waals surface area contributed by atoms with Crippen LogP contribution in [-0.2, 0) is 17.8 Å². The number of carboxylic acid groups (broad SMARTS) is 1. The molecule has 2 rings (SSSR count). The number of hydrogen-bond acceptors (Lipinski definition) is 3. The number of thioether (sulfide) groups is 1. The van der Waals surface area contributed by atoms with Gasteiger partial charge < -0.3 is 9.67 Å². The minimum atomic E-state index is -0.784. The monoisotopic (exact) mass is 310 g/mol. The molecular weight excluding hydrogens is 284 g/mol. The van der Waals surface area contributed by atoms with Crippen LogP contribution < -0.4 is 0 Å². The first-order valence-corrected chi connectivity index (χ1v) is 8.97. The van der Waals surface area contributed by atoms with E-state index in [2.05, 4.69) is 23.4 Å². The number of aryl methyl sites for hydroxylation is 1. The second kappa shape index (κ2) is 7.87. The van der Waals surface area contributed by atoms with E-state index in [1.807, 2.05) is 6.20 Å². The van der Waals surface area contributed by atoms with Crippen molar-refractivity contribution in [1.82, 2.24) is 9.55 Å². The van der Waals surface area contributed by atoms with E-state index < -0.39 is 5.97 Å². The Balaban J connectivity index is 1.96. The first-order chi connectivity index (χ1) is 10.1. The van der Waals surface area contributed by atoms with Gasteiger partial charge in [0.2, 0.25) is 0 Å². The summed E-state index contributed by atoms with van der Waals surface area (Å²) in [5.41, 5.74) is 1.21. The second-order valence-corrected chi connectivity index (χ2v) is 7.09. The van der Waals surface area contributed by atoms with Crippen molar-refractivity contribution < 1.29 is 9.90 Å². The van der Waals surface area contributed by atoms with Gasteiger partial charge in [-0.05, 0) is 31.1 Å². The lowest BCUT2D eigenvalue weighted by molar-refractivity contribution is -0.133. The molecule has 1 fully saturated rings. The summed E-state index contributed by atoms with van der Waals surface area (Å²) in [6.07, 6.45) is 9.45. The lowest BCUT2D eigenvalue weighted by Crippen LogP contribution is -2.16. The average molecular weight is 310 g/mol. The first kappa shape index (κ1) is 16.4. The van der Waals surface area contributed by atoms with Crippen molar-refractivity contribution in [2.45, 2.75) is 64.1 Å². The highest BCUT2D eigenvalue weighted by Gasteiger charge is 2.20. The van der Waals surface area contributed by atoms with Gasteiger partial charge in [0, 0.05) is 18.4 Å². The zero-order valence-corrected chi connectivity index (χ0v) is 13.9. The van der Waals surface area contributed by atoms with Gasteiger partial charge in [0.25, 0.3) is 0 Å². The molecular formula is C16H26N2O2S. The smallest absolute Gasteiger partial charge is 0.313 e.